The summed E-state index contributed by atoms with van der Waals surface area (Å²) in [6, 6.07) is 16.3. The van der Waals surface area contributed by atoms with E-state index in [1.165, 1.54) is 22.5 Å². The zero-order valence-corrected chi connectivity index (χ0v) is 16.9. The molecule has 1 heterocycles. The lowest BCUT2D eigenvalue weighted by atomic mass is 10.2. The van der Waals surface area contributed by atoms with E-state index in [0.717, 1.165) is 22.6 Å². The summed E-state index contributed by atoms with van der Waals surface area (Å²) >= 11 is 7.43. The van der Waals surface area contributed by atoms with Gasteiger partial charge in [-0.1, -0.05) is 35.5 Å². The second kappa shape index (κ2) is 8.55. The van der Waals surface area contributed by atoms with Gasteiger partial charge in [-0.15, -0.1) is 0 Å². The predicted molar refractivity (Wildman–Crippen MR) is 110 cm³/mol. The molecule has 0 unspecified atom stereocenters. The van der Waals surface area contributed by atoms with Gasteiger partial charge in [0.05, 0.1) is 5.69 Å². The quantitative estimate of drug-likeness (QED) is 0.486. The summed E-state index contributed by atoms with van der Waals surface area (Å²) in [6.07, 6.45) is -0.763. The highest BCUT2D eigenvalue weighted by Gasteiger charge is 2.30. The van der Waals surface area contributed by atoms with Crippen LogP contribution in [0.1, 0.15) is 36.6 Å². The van der Waals surface area contributed by atoms with Crippen molar-refractivity contribution in [2.24, 2.45) is 0 Å². The summed E-state index contributed by atoms with van der Waals surface area (Å²) in [5.74, 6) is -0.0875. The van der Waals surface area contributed by atoms with E-state index in [2.05, 4.69) is 10.4 Å². The summed E-state index contributed by atoms with van der Waals surface area (Å²) in [7, 11) is 0. The normalized spacial score (nSPS) is 13.7. The van der Waals surface area contributed by atoms with Gasteiger partial charge in [0.2, 0.25) is 5.91 Å². The van der Waals surface area contributed by atoms with Gasteiger partial charge in [-0.3, -0.25) is 9.48 Å². The molecule has 1 aromatic heterocycles. The van der Waals surface area contributed by atoms with Gasteiger partial charge in [0.15, 0.2) is 0 Å². The first-order valence-corrected chi connectivity index (χ1v) is 10.4. The van der Waals surface area contributed by atoms with E-state index in [-0.39, 0.29) is 24.1 Å². The Bertz CT molecular complexity index is 1020. The topological polar surface area (TPSA) is 46.9 Å². The van der Waals surface area contributed by atoms with E-state index < -0.39 is 6.43 Å². The molecule has 1 aliphatic rings. The number of anilines is 1. The Morgan fingerprint density at radius 1 is 1.21 bits per heavy atom. The standard InChI is InChI=1S/C21H18ClF2N3OS/c22-14-7-9-15(10-8-14)29-19-4-2-1-3-16(19)25-20(28)12-27-18(13-5-6-13)11-17(26-27)21(23)24/h1-4,7-11,13,21H,5-6,12H2,(H,25,28). The molecule has 1 saturated carbocycles. The number of benzene rings is 2. The van der Waals surface area contributed by atoms with Crippen LogP contribution in [0.15, 0.2) is 64.4 Å². The van der Waals surface area contributed by atoms with Gasteiger partial charge in [-0.05, 0) is 55.3 Å². The minimum absolute atomic E-state index is 0.0987. The van der Waals surface area contributed by atoms with Crippen LogP contribution in [0.25, 0.3) is 0 Å². The predicted octanol–water partition coefficient (Wildman–Crippen LogP) is 6.14. The molecule has 0 bridgehead atoms. The lowest BCUT2D eigenvalue weighted by Crippen LogP contribution is -2.21. The summed E-state index contributed by atoms with van der Waals surface area (Å²) in [6.45, 7) is -0.0987. The maximum Gasteiger partial charge on any atom is 0.282 e. The van der Waals surface area contributed by atoms with Crippen LogP contribution in [0.3, 0.4) is 0 Å². The lowest BCUT2D eigenvalue weighted by molar-refractivity contribution is -0.117. The molecule has 1 aliphatic carbocycles. The van der Waals surface area contributed by atoms with Crippen molar-refractivity contribution in [1.82, 2.24) is 9.78 Å². The van der Waals surface area contributed by atoms with Gasteiger partial charge in [-0.25, -0.2) is 8.78 Å². The highest BCUT2D eigenvalue weighted by molar-refractivity contribution is 7.99. The third-order valence-corrected chi connectivity index (χ3v) is 5.88. The van der Waals surface area contributed by atoms with Gasteiger partial charge < -0.3 is 5.32 Å². The second-order valence-electron chi connectivity index (χ2n) is 6.83. The fraction of sp³-hybridized carbons (Fsp3) is 0.238. The lowest BCUT2D eigenvalue weighted by Gasteiger charge is -2.12. The maximum absolute atomic E-state index is 13.0. The zero-order chi connectivity index (χ0) is 20.4. The number of carbonyl (C=O) groups is 1. The number of para-hydroxylation sites is 1. The number of nitrogens with one attached hydrogen (secondary N) is 1. The van der Waals surface area contributed by atoms with Crippen LogP contribution in [0, 0.1) is 0 Å². The second-order valence-corrected chi connectivity index (χ2v) is 8.38. The van der Waals surface area contributed by atoms with E-state index >= 15 is 0 Å². The smallest absolute Gasteiger partial charge is 0.282 e. The monoisotopic (exact) mass is 433 g/mol. The molecular weight excluding hydrogens is 416 g/mol. The molecule has 4 rings (SSSR count). The number of hydrogen-bond acceptors (Lipinski definition) is 3. The third kappa shape index (κ3) is 4.97. The first-order chi connectivity index (χ1) is 14.0. The number of nitrogens with zero attached hydrogens (tertiary/aromatic N) is 2. The molecule has 0 saturated heterocycles. The maximum atomic E-state index is 13.0. The fourth-order valence-electron chi connectivity index (χ4n) is 3.01. The highest BCUT2D eigenvalue weighted by atomic mass is 35.5. The first-order valence-electron chi connectivity index (χ1n) is 9.17. The number of carbonyl (C=O) groups excluding carboxylic acids is 1. The van der Waals surface area contributed by atoms with E-state index in [0.29, 0.717) is 16.4 Å². The largest absolute Gasteiger partial charge is 0.323 e. The van der Waals surface area contributed by atoms with E-state index in [9.17, 15) is 13.6 Å². The third-order valence-electron chi connectivity index (χ3n) is 4.55. The van der Waals surface area contributed by atoms with Crippen molar-refractivity contribution in [2.75, 3.05) is 5.32 Å². The van der Waals surface area contributed by atoms with Crippen molar-refractivity contribution in [3.63, 3.8) is 0 Å². The molecular formula is C21H18ClF2N3OS. The number of rotatable bonds is 7. The van der Waals surface area contributed by atoms with E-state index in [1.54, 1.807) is 0 Å². The average molecular weight is 434 g/mol. The van der Waals surface area contributed by atoms with Gasteiger partial charge in [0.1, 0.15) is 12.2 Å². The van der Waals surface area contributed by atoms with Gasteiger partial charge >= 0.3 is 0 Å². The fourth-order valence-corrected chi connectivity index (χ4v) is 4.03. The molecule has 8 heteroatoms. The summed E-state index contributed by atoms with van der Waals surface area (Å²) in [5, 5.41) is 7.48. The van der Waals surface area contributed by atoms with Crippen molar-refractivity contribution in [3.8, 4) is 0 Å². The van der Waals surface area contributed by atoms with Gasteiger partial charge in [-0.2, -0.15) is 5.10 Å². The van der Waals surface area contributed by atoms with Crippen LogP contribution in [0.2, 0.25) is 5.02 Å². The van der Waals surface area contributed by atoms with Crippen LogP contribution in [0.4, 0.5) is 14.5 Å². The molecule has 3 aromatic rings. The number of hydrogen-bond donors (Lipinski definition) is 1. The Morgan fingerprint density at radius 3 is 2.62 bits per heavy atom. The Balaban J connectivity index is 1.48. The summed E-state index contributed by atoms with van der Waals surface area (Å²) in [4.78, 5) is 14.5. The van der Waals surface area contributed by atoms with Crippen LogP contribution < -0.4 is 5.32 Å². The molecule has 4 nitrogen and oxygen atoms in total. The Hall–Kier alpha value is -2.38. The molecule has 150 valence electrons. The SMILES string of the molecule is O=C(Cn1nc(C(F)F)cc1C1CC1)Nc1ccccc1Sc1ccc(Cl)cc1. The van der Waals surface area contributed by atoms with Crippen molar-refractivity contribution in [1.29, 1.82) is 0 Å². The van der Waals surface area contributed by atoms with Gasteiger partial charge in [0.25, 0.3) is 6.43 Å². The molecule has 1 amide bonds. The molecule has 2 aromatic carbocycles. The minimum Gasteiger partial charge on any atom is -0.323 e. The Labute approximate surface area is 176 Å². The van der Waals surface area contributed by atoms with Crippen LogP contribution in [0.5, 0.6) is 0 Å². The van der Waals surface area contributed by atoms with Crippen molar-refractivity contribution >= 4 is 35.0 Å². The molecule has 0 atom stereocenters. The van der Waals surface area contributed by atoms with Crippen LogP contribution in [-0.2, 0) is 11.3 Å². The molecule has 0 aliphatic heterocycles. The van der Waals surface area contributed by atoms with Crippen molar-refractivity contribution in [3.05, 3.63) is 71.0 Å². The van der Waals surface area contributed by atoms with Crippen molar-refractivity contribution < 1.29 is 13.6 Å². The molecule has 1 fully saturated rings. The minimum atomic E-state index is -2.65. The van der Waals surface area contributed by atoms with Gasteiger partial charge in [0, 0.05) is 26.4 Å². The number of alkyl halides is 2. The van der Waals surface area contributed by atoms with E-state index in [4.69, 9.17) is 11.6 Å². The highest BCUT2D eigenvalue weighted by Crippen LogP contribution is 2.41. The van der Waals surface area contributed by atoms with Crippen LogP contribution in [-0.4, -0.2) is 15.7 Å². The van der Waals surface area contributed by atoms with E-state index in [1.807, 2.05) is 48.5 Å². The van der Waals surface area contributed by atoms with Crippen LogP contribution >= 0.6 is 23.4 Å². The molecule has 29 heavy (non-hydrogen) atoms. The zero-order valence-electron chi connectivity index (χ0n) is 15.3. The Kier molecular flexibility index (Phi) is 5.87. The summed E-state index contributed by atoms with van der Waals surface area (Å²) < 4.78 is 27.5. The molecule has 0 radical (unpaired) electrons. The first kappa shape index (κ1) is 19.9. The average Bonchev–Trinajstić information content (AvgIpc) is 3.45. The Morgan fingerprint density at radius 2 is 1.93 bits per heavy atom. The number of halogens is 3. The number of amides is 1. The molecule has 1 N–H and O–H groups in total. The molecule has 0 spiro atoms. The van der Waals surface area contributed by atoms with Crippen molar-refractivity contribution in [2.45, 2.75) is 41.5 Å². The summed E-state index contributed by atoms with van der Waals surface area (Å²) in [5.41, 5.74) is 1.09. The number of aromatic nitrogens is 2.